The Morgan fingerprint density at radius 3 is 2.52 bits per heavy atom. The third kappa shape index (κ3) is 4.02. The molecule has 1 heterocycles. The number of halogens is 1. The Morgan fingerprint density at radius 1 is 1.24 bits per heavy atom. The summed E-state index contributed by atoms with van der Waals surface area (Å²) in [5.74, 6) is 0.132. The van der Waals surface area contributed by atoms with E-state index in [-0.39, 0.29) is 5.75 Å². The van der Waals surface area contributed by atoms with E-state index in [1.165, 1.54) is 22.7 Å². The summed E-state index contributed by atoms with van der Waals surface area (Å²) in [6.45, 7) is 1.96. The van der Waals surface area contributed by atoms with Crippen molar-refractivity contribution in [3.8, 4) is 10.6 Å². The number of unbranched alkanes of at least 4 members (excludes halogenated alkanes) is 1. The van der Waals surface area contributed by atoms with Gasteiger partial charge in [0.2, 0.25) is 15.2 Å². The van der Waals surface area contributed by atoms with E-state index in [2.05, 4.69) is 26.1 Å². The Bertz CT molecular complexity index is 698. The molecule has 0 bridgehead atoms. The van der Waals surface area contributed by atoms with Crippen molar-refractivity contribution in [2.24, 2.45) is 0 Å². The van der Waals surface area contributed by atoms with Gasteiger partial charge in [-0.1, -0.05) is 52.7 Å². The maximum atomic E-state index is 12.1. The van der Waals surface area contributed by atoms with Gasteiger partial charge in [-0.15, -0.1) is 10.2 Å². The van der Waals surface area contributed by atoms with Crippen molar-refractivity contribution in [3.05, 3.63) is 28.7 Å². The lowest BCUT2D eigenvalue weighted by Gasteiger charge is -2.14. The van der Waals surface area contributed by atoms with Crippen LogP contribution in [0.4, 0.5) is 5.13 Å². The molecule has 0 aliphatic heterocycles. The van der Waals surface area contributed by atoms with Gasteiger partial charge in [0, 0.05) is 17.1 Å². The molecule has 21 heavy (non-hydrogen) atoms. The van der Waals surface area contributed by atoms with Crippen LogP contribution in [-0.4, -0.2) is 31.4 Å². The van der Waals surface area contributed by atoms with Crippen LogP contribution in [0, 0.1) is 0 Å². The molecule has 0 spiro atoms. The van der Waals surface area contributed by atoms with Crippen LogP contribution in [0.25, 0.3) is 10.6 Å². The first kappa shape index (κ1) is 16.4. The Labute approximate surface area is 137 Å². The first-order chi connectivity index (χ1) is 9.94. The highest BCUT2D eigenvalue weighted by Gasteiger charge is 2.21. The van der Waals surface area contributed by atoms with Crippen LogP contribution in [0.2, 0.25) is 0 Å². The molecule has 0 atom stereocenters. The molecule has 2 aromatic rings. The summed E-state index contributed by atoms with van der Waals surface area (Å²) in [6.07, 6.45) is 1.48. The van der Waals surface area contributed by atoms with E-state index < -0.39 is 10.0 Å². The standard InChI is InChI=1S/C13H16BrN3O2S2/c1-3-4-9-21(18,19)17(2)13-16-15-12(20-13)10-5-7-11(14)8-6-10/h5-8H,3-4,9H2,1-2H3. The summed E-state index contributed by atoms with van der Waals surface area (Å²) < 4.78 is 26.5. The lowest BCUT2D eigenvalue weighted by molar-refractivity contribution is 0.590. The molecular formula is C13H16BrN3O2S2. The van der Waals surface area contributed by atoms with E-state index >= 15 is 0 Å². The van der Waals surface area contributed by atoms with Crippen LogP contribution >= 0.6 is 27.3 Å². The van der Waals surface area contributed by atoms with Gasteiger partial charge in [-0.3, -0.25) is 0 Å². The quantitative estimate of drug-likeness (QED) is 0.757. The number of hydrogen-bond donors (Lipinski definition) is 0. The Morgan fingerprint density at radius 2 is 1.90 bits per heavy atom. The maximum Gasteiger partial charge on any atom is 0.236 e. The average molecular weight is 390 g/mol. The van der Waals surface area contributed by atoms with Gasteiger partial charge in [-0.25, -0.2) is 12.7 Å². The highest BCUT2D eigenvalue weighted by Crippen LogP contribution is 2.30. The van der Waals surface area contributed by atoms with Crippen molar-refractivity contribution in [2.45, 2.75) is 19.8 Å². The maximum absolute atomic E-state index is 12.1. The molecule has 114 valence electrons. The first-order valence-corrected chi connectivity index (χ1v) is 9.72. The predicted octanol–water partition coefficient (Wildman–Crippen LogP) is 3.53. The van der Waals surface area contributed by atoms with Crippen LogP contribution in [0.5, 0.6) is 0 Å². The first-order valence-electron chi connectivity index (χ1n) is 6.50. The smallest absolute Gasteiger partial charge is 0.236 e. The molecule has 0 radical (unpaired) electrons. The van der Waals surface area contributed by atoms with E-state index in [0.29, 0.717) is 16.6 Å². The van der Waals surface area contributed by atoms with Crippen LogP contribution in [0.15, 0.2) is 28.7 Å². The zero-order valence-electron chi connectivity index (χ0n) is 11.8. The van der Waals surface area contributed by atoms with Gasteiger partial charge in [0.15, 0.2) is 0 Å². The van der Waals surface area contributed by atoms with Gasteiger partial charge in [0.05, 0.1) is 5.75 Å². The Hall–Kier alpha value is -0.990. The van der Waals surface area contributed by atoms with E-state index in [1.54, 1.807) is 0 Å². The van der Waals surface area contributed by atoms with Gasteiger partial charge in [-0.2, -0.15) is 0 Å². The predicted molar refractivity (Wildman–Crippen MR) is 90.1 cm³/mol. The number of benzene rings is 1. The van der Waals surface area contributed by atoms with E-state index in [0.717, 1.165) is 16.5 Å². The molecule has 0 aliphatic carbocycles. The van der Waals surface area contributed by atoms with Crippen LogP contribution in [0.3, 0.4) is 0 Å². The third-order valence-corrected chi connectivity index (χ3v) is 6.45. The molecule has 0 unspecified atom stereocenters. The van der Waals surface area contributed by atoms with E-state index in [4.69, 9.17) is 0 Å². The fraction of sp³-hybridized carbons (Fsp3) is 0.385. The second-order valence-electron chi connectivity index (χ2n) is 4.53. The SMILES string of the molecule is CCCCS(=O)(=O)N(C)c1nnc(-c2ccc(Br)cc2)s1. The zero-order valence-corrected chi connectivity index (χ0v) is 15.0. The van der Waals surface area contributed by atoms with Crippen molar-refractivity contribution in [1.82, 2.24) is 10.2 Å². The lowest BCUT2D eigenvalue weighted by Crippen LogP contribution is -2.28. The molecule has 1 aromatic heterocycles. The van der Waals surface area contributed by atoms with Gasteiger partial charge < -0.3 is 0 Å². The highest BCUT2D eigenvalue weighted by atomic mass is 79.9. The number of rotatable bonds is 6. The Kier molecular flexibility index (Phi) is 5.34. The number of hydrogen-bond acceptors (Lipinski definition) is 5. The normalized spacial score (nSPS) is 11.6. The monoisotopic (exact) mass is 389 g/mol. The van der Waals surface area contributed by atoms with Crippen molar-refractivity contribution >= 4 is 42.4 Å². The van der Waals surface area contributed by atoms with Gasteiger partial charge in [0.25, 0.3) is 0 Å². The van der Waals surface area contributed by atoms with Crippen molar-refractivity contribution < 1.29 is 8.42 Å². The van der Waals surface area contributed by atoms with Crippen LogP contribution < -0.4 is 4.31 Å². The van der Waals surface area contributed by atoms with Gasteiger partial charge in [-0.05, 0) is 18.6 Å². The summed E-state index contributed by atoms with van der Waals surface area (Å²) in [5, 5.41) is 9.17. The molecule has 0 aliphatic rings. The second-order valence-corrected chi connectivity index (χ2v) is 8.53. The molecule has 0 fully saturated rings. The number of aromatic nitrogens is 2. The van der Waals surface area contributed by atoms with E-state index in [1.807, 2.05) is 31.2 Å². The summed E-state index contributed by atoms with van der Waals surface area (Å²) in [7, 11) is -1.79. The zero-order chi connectivity index (χ0) is 15.5. The van der Waals surface area contributed by atoms with Crippen LogP contribution in [-0.2, 0) is 10.0 Å². The summed E-state index contributed by atoms with van der Waals surface area (Å²) >= 11 is 4.65. The second kappa shape index (κ2) is 6.85. The van der Waals surface area contributed by atoms with Crippen molar-refractivity contribution in [2.75, 3.05) is 17.1 Å². The lowest BCUT2D eigenvalue weighted by atomic mass is 10.2. The molecule has 0 N–H and O–H groups in total. The Balaban J connectivity index is 2.21. The van der Waals surface area contributed by atoms with Crippen molar-refractivity contribution in [1.29, 1.82) is 0 Å². The minimum absolute atomic E-state index is 0.132. The minimum Gasteiger partial charge on any atom is -0.247 e. The molecule has 2 rings (SSSR count). The van der Waals surface area contributed by atoms with Crippen molar-refractivity contribution in [3.63, 3.8) is 0 Å². The van der Waals surface area contributed by atoms with E-state index in [9.17, 15) is 8.42 Å². The fourth-order valence-electron chi connectivity index (χ4n) is 1.63. The largest absolute Gasteiger partial charge is 0.247 e. The third-order valence-electron chi connectivity index (χ3n) is 2.95. The number of nitrogens with zero attached hydrogens (tertiary/aromatic N) is 3. The molecule has 5 nitrogen and oxygen atoms in total. The molecule has 8 heteroatoms. The van der Waals surface area contributed by atoms with Crippen LogP contribution in [0.1, 0.15) is 19.8 Å². The molecule has 0 amide bonds. The molecular weight excluding hydrogens is 374 g/mol. The number of sulfonamides is 1. The average Bonchev–Trinajstić information content (AvgIpc) is 2.94. The highest BCUT2D eigenvalue weighted by molar-refractivity contribution is 9.10. The number of anilines is 1. The summed E-state index contributed by atoms with van der Waals surface area (Å²) in [6, 6.07) is 7.66. The molecule has 1 aromatic carbocycles. The van der Waals surface area contributed by atoms with Gasteiger partial charge >= 0.3 is 0 Å². The molecule has 0 saturated heterocycles. The topological polar surface area (TPSA) is 63.2 Å². The minimum atomic E-state index is -3.32. The van der Waals surface area contributed by atoms with Gasteiger partial charge in [0.1, 0.15) is 5.01 Å². The molecule has 0 saturated carbocycles. The summed E-state index contributed by atoms with van der Waals surface area (Å²) in [5.41, 5.74) is 0.918. The summed E-state index contributed by atoms with van der Waals surface area (Å²) in [4.78, 5) is 0. The fourth-order valence-corrected chi connectivity index (χ4v) is 4.27.